The molecule has 8 heteroatoms. The third-order valence-electron chi connectivity index (χ3n) is 5.42. The average molecular weight is 493 g/mol. The standard InChI is InChI=1S/C27H22ClFN2O4/c1-3-35-24-15-18(14-23(28)21(24)12-17-7-5-8-19(29)11-17)13-22-25(32)30-27(34)31(26(22)33)20-9-4-6-16(2)10-20/h4-11,13-15H,3,12H2,1-2H3,(H,30,32,34)/b22-13+. The van der Waals surface area contributed by atoms with E-state index in [-0.39, 0.29) is 11.4 Å². The maximum absolute atomic E-state index is 13.7. The van der Waals surface area contributed by atoms with Crippen molar-refractivity contribution >= 4 is 41.2 Å². The smallest absolute Gasteiger partial charge is 0.335 e. The van der Waals surface area contributed by atoms with E-state index >= 15 is 0 Å². The summed E-state index contributed by atoms with van der Waals surface area (Å²) in [4.78, 5) is 39.1. The van der Waals surface area contributed by atoms with Gasteiger partial charge in [-0.15, -0.1) is 0 Å². The zero-order chi connectivity index (χ0) is 25.1. The van der Waals surface area contributed by atoms with Crippen molar-refractivity contribution < 1.29 is 23.5 Å². The SMILES string of the molecule is CCOc1cc(/C=C2\C(=O)NC(=O)N(c3cccc(C)c3)C2=O)cc(Cl)c1Cc1cccc(F)c1. The van der Waals surface area contributed by atoms with E-state index in [1.165, 1.54) is 18.2 Å². The Hall–Kier alpha value is -3.97. The van der Waals surface area contributed by atoms with Crippen LogP contribution in [0, 0.1) is 12.7 Å². The summed E-state index contributed by atoms with van der Waals surface area (Å²) in [5, 5.41) is 2.55. The minimum atomic E-state index is -0.818. The Morgan fingerprint density at radius 3 is 2.54 bits per heavy atom. The quantitative estimate of drug-likeness (QED) is 0.367. The number of carbonyl (C=O) groups is 3. The van der Waals surface area contributed by atoms with Gasteiger partial charge in [0, 0.05) is 17.0 Å². The minimum absolute atomic E-state index is 0.220. The van der Waals surface area contributed by atoms with Crippen LogP contribution in [-0.4, -0.2) is 24.5 Å². The molecule has 0 spiro atoms. The third kappa shape index (κ3) is 5.25. The molecule has 4 rings (SSSR count). The van der Waals surface area contributed by atoms with Gasteiger partial charge >= 0.3 is 6.03 Å². The van der Waals surface area contributed by atoms with Gasteiger partial charge in [-0.3, -0.25) is 14.9 Å². The Balaban J connectivity index is 1.72. The van der Waals surface area contributed by atoms with Crippen LogP contribution in [0.3, 0.4) is 0 Å². The molecule has 1 saturated heterocycles. The van der Waals surface area contributed by atoms with Gasteiger partial charge in [-0.05, 0) is 73.0 Å². The van der Waals surface area contributed by atoms with Gasteiger partial charge in [-0.2, -0.15) is 0 Å². The maximum Gasteiger partial charge on any atom is 0.335 e. The number of hydrogen-bond donors (Lipinski definition) is 1. The van der Waals surface area contributed by atoms with Crippen LogP contribution < -0.4 is 15.0 Å². The molecule has 3 aromatic carbocycles. The van der Waals surface area contributed by atoms with Crippen molar-refractivity contribution in [2.75, 3.05) is 11.5 Å². The van der Waals surface area contributed by atoms with Crippen LogP contribution in [0.25, 0.3) is 6.08 Å². The first-order chi connectivity index (χ1) is 16.8. The number of benzene rings is 3. The Kier molecular flexibility index (Phi) is 6.98. The fourth-order valence-electron chi connectivity index (χ4n) is 3.85. The monoisotopic (exact) mass is 492 g/mol. The lowest BCUT2D eigenvalue weighted by Crippen LogP contribution is -2.54. The molecular formula is C27H22ClFN2O4. The molecule has 0 radical (unpaired) electrons. The van der Waals surface area contributed by atoms with Gasteiger partial charge in [-0.1, -0.05) is 35.9 Å². The highest BCUT2D eigenvalue weighted by Crippen LogP contribution is 2.33. The molecule has 1 aliphatic heterocycles. The molecule has 0 aromatic heterocycles. The van der Waals surface area contributed by atoms with Crippen molar-refractivity contribution in [3.63, 3.8) is 0 Å². The molecule has 1 heterocycles. The molecule has 35 heavy (non-hydrogen) atoms. The van der Waals surface area contributed by atoms with Gasteiger partial charge in [0.2, 0.25) is 0 Å². The molecular weight excluding hydrogens is 471 g/mol. The van der Waals surface area contributed by atoms with E-state index in [1.54, 1.807) is 42.5 Å². The number of imide groups is 2. The summed E-state index contributed by atoms with van der Waals surface area (Å²) in [5.74, 6) is -1.46. The number of barbiturate groups is 1. The van der Waals surface area contributed by atoms with E-state index in [4.69, 9.17) is 16.3 Å². The van der Waals surface area contributed by atoms with Crippen molar-refractivity contribution in [2.24, 2.45) is 0 Å². The molecule has 0 aliphatic carbocycles. The summed E-state index contributed by atoms with van der Waals surface area (Å²) < 4.78 is 19.4. The zero-order valence-corrected chi connectivity index (χ0v) is 19.9. The summed E-state index contributed by atoms with van der Waals surface area (Å²) in [6, 6.07) is 15.5. The van der Waals surface area contributed by atoms with Gasteiger partial charge in [-0.25, -0.2) is 14.1 Å². The Morgan fingerprint density at radius 1 is 1.06 bits per heavy atom. The molecule has 0 unspecified atom stereocenters. The molecule has 0 saturated carbocycles. The molecule has 1 N–H and O–H groups in total. The minimum Gasteiger partial charge on any atom is -0.494 e. The van der Waals surface area contributed by atoms with E-state index < -0.39 is 17.8 Å². The second kappa shape index (κ2) is 10.1. The van der Waals surface area contributed by atoms with E-state index in [0.29, 0.717) is 46.2 Å². The van der Waals surface area contributed by atoms with Crippen molar-refractivity contribution in [3.05, 3.63) is 99.3 Å². The first-order valence-electron chi connectivity index (χ1n) is 10.9. The average Bonchev–Trinajstić information content (AvgIpc) is 2.79. The Bertz CT molecular complexity index is 1370. The number of ether oxygens (including phenoxy) is 1. The summed E-state index contributed by atoms with van der Waals surface area (Å²) in [6.45, 7) is 4.00. The van der Waals surface area contributed by atoms with Crippen LogP contribution in [0.1, 0.15) is 29.2 Å². The highest BCUT2D eigenvalue weighted by Gasteiger charge is 2.36. The topological polar surface area (TPSA) is 75.7 Å². The number of rotatable bonds is 6. The van der Waals surface area contributed by atoms with Gasteiger partial charge in [0.1, 0.15) is 17.1 Å². The molecule has 1 aliphatic rings. The van der Waals surface area contributed by atoms with Crippen LogP contribution >= 0.6 is 11.6 Å². The number of anilines is 1. The Morgan fingerprint density at radius 2 is 1.83 bits per heavy atom. The first-order valence-corrected chi connectivity index (χ1v) is 11.3. The van der Waals surface area contributed by atoms with Crippen molar-refractivity contribution in [1.82, 2.24) is 5.32 Å². The normalized spacial score (nSPS) is 14.9. The highest BCUT2D eigenvalue weighted by atomic mass is 35.5. The molecule has 0 atom stereocenters. The van der Waals surface area contributed by atoms with Crippen LogP contribution in [0.5, 0.6) is 5.75 Å². The number of aryl methyl sites for hydroxylation is 1. The molecule has 4 amide bonds. The first kappa shape index (κ1) is 24.2. The zero-order valence-electron chi connectivity index (χ0n) is 19.1. The van der Waals surface area contributed by atoms with E-state index in [0.717, 1.165) is 10.5 Å². The van der Waals surface area contributed by atoms with E-state index in [9.17, 15) is 18.8 Å². The third-order valence-corrected chi connectivity index (χ3v) is 5.76. The van der Waals surface area contributed by atoms with Gasteiger partial charge < -0.3 is 4.74 Å². The molecule has 1 fully saturated rings. The number of nitrogens with zero attached hydrogens (tertiary/aromatic N) is 1. The summed E-state index contributed by atoms with van der Waals surface area (Å²) in [6.07, 6.45) is 1.70. The molecule has 3 aromatic rings. The predicted octanol–water partition coefficient (Wildman–Crippen LogP) is 5.44. The van der Waals surface area contributed by atoms with Crippen LogP contribution in [-0.2, 0) is 16.0 Å². The van der Waals surface area contributed by atoms with Crippen LogP contribution in [0.4, 0.5) is 14.9 Å². The summed E-state index contributed by atoms with van der Waals surface area (Å²) in [7, 11) is 0. The number of halogens is 2. The van der Waals surface area contributed by atoms with Crippen molar-refractivity contribution in [3.8, 4) is 5.75 Å². The number of urea groups is 1. The van der Waals surface area contributed by atoms with E-state index in [2.05, 4.69) is 5.32 Å². The highest BCUT2D eigenvalue weighted by molar-refractivity contribution is 6.39. The number of carbonyl (C=O) groups excluding carboxylic acids is 3. The predicted molar refractivity (Wildman–Crippen MR) is 132 cm³/mol. The maximum atomic E-state index is 13.7. The fraction of sp³-hybridized carbons (Fsp3) is 0.148. The van der Waals surface area contributed by atoms with E-state index in [1.807, 2.05) is 19.9 Å². The lowest BCUT2D eigenvalue weighted by atomic mass is 10.00. The Labute approximate surface area is 207 Å². The second-order valence-electron chi connectivity index (χ2n) is 8.02. The van der Waals surface area contributed by atoms with Crippen molar-refractivity contribution in [2.45, 2.75) is 20.3 Å². The lowest BCUT2D eigenvalue weighted by molar-refractivity contribution is -0.122. The fourth-order valence-corrected chi connectivity index (χ4v) is 4.13. The van der Waals surface area contributed by atoms with Crippen LogP contribution in [0.2, 0.25) is 5.02 Å². The molecule has 0 bridgehead atoms. The van der Waals surface area contributed by atoms with Gasteiger partial charge in [0.05, 0.1) is 12.3 Å². The van der Waals surface area contributed by atoms with Gasteiger partial charge in [0.25, 0.3) is 11.8 Å². The van der Waals surface area contributed by atoms with Crippen molar-refractivity contribution in [1.29, 1.82) is 0 Å². The molecule has 178 valence electrons. The summed E-state index contributed by atoms with van der Waals surface area (Å²) >= 11 is 6.56. The van der Waals surface area contributed by atoms with Gasteiger partial charge in [0.15, 0.2) is 0 Å². The second-order valence-corrected chi connectivity index (χ2v) is 8.42. The van der Waals surface area contributed by atoms with Crippen LogP contribution in [0.15, 0.2) is 66.2 Å². The molecule has 6 nitrogen and oxygen atoms in total. The number of nitrogens with one attached hydrogen (secondary N) is 1. The number of hydrogen-bond acceptors (Lipinski definition) is 4. The summed E-state index contributed by atoms with van der Waals surface area (Å²) in [5.41, 5.74) is 2.79. The number of amides is 4. The lowest BCUT2D eigenvalue weighted by Gasteiger charge is -2.26. The largest absolute Gasteiger partial charge is 0.494 e.